The Labute approximate surface area is 121 Å². The minimum absolute atomic E-state index is 0.373. The molecule has 19 heavy (non-hydrogen) atoms. The second-order valence-electron chi connectivity index (χ2n) is 4.53. The van der Waals surface area contributed by atoms with Crippen LogP contribution in [-0.2, 0) is 10.0 Å². The molecule has 1 saturated heterocycles. The molecule has 2 rings (SSSR count). The summed E-state index contributed by atoms with van der Waals surface area (Å²) in [6, 6.07) is 7.42. The van der Waals surface area contributed by atoms with Crippen LogP contribution in [0.4, 0.5) is 0 Å². The molecule has 1 heterocycles. The van der Waals surface area contributed by atoms with Crippen LogP contribution in [0.15, 0.2) is 34.1 Å². The average molecular weight is 346 g/mol. The van der Waals surface area contributed by atoms with Crippen molar-refractivity contribution in [2.45, 2.75) is 18.9 Å². The van der Waals surface area contributed by atoms with Gasteiger partial charge in [-0.05, 0) is 36.6 Å². The fourth-order valence-corrected chi connectivity index (χ4v) is 3.41. The first-order chi connectivity index (χ1) is 8.97. The molecule has 0 unspecified atom stereocenters. The van der Waals surface area contributed by atoms with Crippen LogP contribution in [0.3, 0.4) is 0 Å². The standard InChI is InChI=1S/C13H16BrNO3S/c14-12-3-1-11(2-4-12)7-10-19(17,18)15-8-5-13(16)6-9-15/h1-4,7,10,13,16H,5-6,8-9H2/b10-7+. The number of hydrogen-bond donors (Lipinski definition) is 1. The van der Waals surface area contributed by atoms with Gasteiger partial charge in [-0.25, -0.2) is 8.42 Å². The molecule has 0 aromatic heterocycles. The van der Waals surface area contributed by atoms with Crippen LogP contribution in [0.2, 0.25) is 0 Å². The Morgan fingerprint density at radius 1 is 1.21 bits per heavy atom. The Bertz CT molecular complexity index is 546. The molecular formula is C13H16BrNO3S. The molecule has 0 saturated carbocycles. The fraction of sp³-hybridized carbons (Fsp3) is 0.385. The molecular weight excluding hydrogens is 330 g/mol. The molecule has 0 amide bonds. The minimum atomic E-state index is -3.39. The minimum Gasteiger partial charge on any atom is -0.393 e. The van der Waals surface area contributed by atoms with Gasteiger partial charge in [-0.3, -0.25) is 0 Å². The highest BCUT2D eigenvalue weighted by Crippen LogP contribution is 2.17. The number of hydrogen-bond acceptors (Lipinski definition) is 3. The number of halogens is 1. The first-order valence-corrected chi connectivity index (χ1v) is 8.39. The van der Waals surface area contributed by atoms with Crippen LogP contribution in [0.25, 0.3) is 6.08 Å². The number of aliphatic hydroxyl groups excluding tert-OH is 1. The Morgan fingerprint density at radius 2 is 1.79 bits per heavy atom. The average Bonchev–Trinajstić information content (AvgIpc) is 2.39. The highest BCUT2D eigenvalue weighted by Gasteiger charge is 2.24. The lowest BCUT2D eigenvalue weighted by Gasteiger charge is -2.27. The van der Waals surface area contributed by atoms with E-state index in [1.54, 1.807) is 6.08 Å². The van der Waals surface area contributed by atoms with Crippen LogP contribution >= 0.6 is 15.9 Å². The summed E-state index contributed by atoms with van der Waals surface area (Å²) in [5.74, 6) is 0. The van der Waals surface area contributed by atoms with Gasteiger partial charge < -0.3 is 5.11 Å². The van der Waals surface area contributed by atoms with Gasteiger partial charge in [-0.15, -0.1) is 0 Å². The van der Waals surface area contributed by atoms with E-state index in [1.807, 2.05) is 24.3 Å². The summed E-state index contributed by atoms with van der Waals surface area (Å²) < 4.78 is 26.5. The molecule has 0 aliphatic carbocycles. The summed E-state index contributed by atoms with van der Waals surface area (Å²) in [4.78, 5) is 0. The SMILES string of the molecule is O=S(=O)(/C=C/c1ccc(Br)cc1)N1CCC(O)CC1. The Kier molecular flexibility index (Phi) is 4.78. The molecule has 0 atom stereocenters. The number of sulfonamides is 1. The summed E-state index contributed by atoms with van der Waals surface area (Å²) in [6.45, 7) is 0.766. The van der Waals surface area contributed by atoms with Crippen LogP contribution in [-0.4, -0.2) is 37.0 Å². The number of benzene rings is 1. The van der Waals surface area contributed by atoms with E-state index in [0.29, 0.717) is 25.9 Å². The molecule has 1 aromatic carbocycles. The lowest BCUT2D eigenvalue weighted by molar-refractivity contribution is 0.113. The summed E-state index contributed by atoms with van der Waals surface area (Å²) in [6.07, 6.45) is 2.23. The van der Waals surface area contributed by atoms with Crippen LogP contribution in [0.1, 0.15) is 18.4 Å². The molecule has 0 bridgehead atoms. The number of rotatable bonds is 3. The van der Waals surface area contributed by atoms with E-state index in [-0.39, 0.29) is 6.10 Å². The summed E-state index contributed by atoms with van der Waals surface area (Å²) in [5, 5.41) is 10.6. The number of piperidine rings is 1. The van der Waals surface area contributed by atoms with Crippen molar-refractivity contribution < 1.29 is 13.5 Å². The maximum Gasteiger partial charge on any atom is 0.236 e. The van der Waals surface area contributed by atoms with Gasteiger partial charge in [0.25, 0.3) is 0 Å². The highest BCUT2D eigenvalue weighted by molar-refractivity contribution is 9.10. The molecule has 6 heteroatoms. The molecule has 1 aliphatic rings. The van der Waals surface area contributed by atoms with Crippen molar-refractivity contribution >= 4 is 32.0 Å². The van der Waals surface area contributed by atoms with Crippen LogP contribution in [0, 0.1) is 0 Å². The van der Waals surface area contributed by atoms with Crippen molar-refractivity contribution in [3.63, 3.8) is 0 Å². The molecule has 4 nitrogen and oxygen atoms in total. The predicted molar refractivity (Wildman–Crippen MR) is 78.9 cm³/mol. The van der Waals surface area contributed by atoms with Crippen LogP contribution < -0.4 is 0 Å². The van der Waals surface area contributed by atoms with Gasteiger partial charge in [0, 0.05) is 23.0 Å². The Morgan fingerprint density at radius 3 is 2.37 bits per heavy atom. The van der Waals surface area contributed by atoms with E-state index in [4.69, 9.17) is 0 Å². The zero-order valence-corrected chi connectivity index (χ0v) is 12.8. The largest absolute Gasteiger partial charge is 0.393 e. The molecule has 1 N–H and O–H groups in total. The molecule has 104 valence electrons. The topological polar surface area (TPSA) is 57.6 Å². The zero-order valence-electron chi connectivity index (χ0n) is 10.4. The number of aliphatic hydroxyl groups is 1. The quantitative estimate of drug-likeness (QED) is 0.913. The van der Waals surface area contributed by atoms with Gasteiger partial charge in [-0.2, -0.15) is 4.31 Å². The second-order valence-corrected chi connectivity index (χ2v) is 7.26. The van der Waals surface area contributed by atoms with Crippen molar-refractivity contribution in [1.29, 1.82) is 0 Å². The van der Waals surface area contributed by atoms with Gasteiger partial charge in [0.1, 0.15) is 0 Å². The summed E-state index contributed by atoms with van der Waals surface area (Å²) in [7, 11) is -3.39. The lowest BCUT2D eigenvalue weighted by Crippen LogP contribution is -2.38. The fourth-order valence-electron chi connectivity index (χ4n) is 1.92. The van der Waals surface area contributed by atoms with E-state index in [9.17, 15) is 13.5 Å². The maximum atomic E-state index is 12.1. The normalized spacial score (nSPS) is 19.1. The van der Waals surface area contributed by atoms with E-state index in [2.05, 4.69) is 15.9 Å². The smallest absolute Gasteiger partial charge is 0.236 e. The monoisotopic (exact) mass is 345 g/mol. The van der Waals surface area contributed by atoms with Crippen molar-refractivity contribution in [1.82, 2.24) is 4.31 Å². The first kappa shape index (κ1) is 14.7. The third-order valence-electron chi connectivity index (χ3n) is 3.09. The van der Waals surface area contributed by atoms with Crippen molar-refractivity contribution in [3.8, 4) is 0 Å². The lowest BCUT2D eigenvalue weighted by atomic mass is 10.1. The van der Waals surface area contributed by atoms with E-state index < -0.39 is 10.0 Å². The van der Waals surface area contributed by atoms with Gasteiger partial charge >= 0.3 is 0 Å². The highest BCUT2D eigenvalue weighted by atomic mass is 79.9. The van der Waals surface area contributed by atoms with Crippen molar-refractivity contribution in [2.75, 3.05) is 13.1 Å². The third-order valence-corrected chi connectivity index (χ3v) is 5.18. The Hall–Kier alpha value is -0.690. The maximum absolute atomic E-state index is 12.1. The molecule has 1 fully saturated rings. The van der Waals surface area contributed by atoms with Gasteiger partial charge in [0.2, 0.25) is 10.0 Å². The molecule has 0 spiro atoms. The summed E-state index contributed by atoms with van der Waals surface area (Å²) >= 11 is 3.33. The second kappa shape index (κ2) is 6.17. The molecule has 1 aliphatic heterocycles. The van der Waals surface area contributed by atoms with Crippen molar-refractivity contribution in [2.24, 2.45) is 0 Å². The van der Waals surface area contributed by atoms with Gasteiger partial charge in [0.05, 0.1) is 6.10 Å². The number of nitrogens with zero attached hydrogens (tertiary/aromatic N) is 1. The van der Waals surface area contributed by atoms with Gasteiger partial charge in [-0.1, -0.05) is 28.1 Å². The predicted octanol–water partition coefficient (Wildman–Crippen LogP) is 2.21. The van der Waals surface area contributed by atoms with Crippen molar-refractivity contribution in [3.05, 3.63) is 39.7 Å². The Balaban J connectivity index is 2.06. The third kappa shape index (κ3) is 4.14. The first-order valence-electron chi connectivity index (χ1n) is 6.09. The van der Waals surface area contributed by atoms with E-state index >= 15 is 0 Å². The van der Waals surface area contributed by atoms with E-state index in [0.717, 1.165) is 10.0 Å². The van der Waals surface area contributed by atoms with Gasteiger partial charge in [0.15, 0.2) is 0 Å². The summed E-state index contributed by atoms with van der Waals surface area (Å²) in [5.41, 5.74) is 0.837. The molecule has 0 radical (unpaired) electrons. The van der Waals surface area contributed by atoms with Crippen LogP contribution in [0.5, 0.6) is 0 Å². The molecule has 1 aromatic rings. The van der Waals surface area contributed by atoms with E-state index in [1.165, 1.54) is 9.71 Å². The zero-order chi connectivity index (χ0) is 13.9.